The van der Waals surface area contributed by atoms with Crippen LogP contribution in [0.3, 0.4) is 0 Å². The van der Waals surface area contributed by atoms with Gasteiger partial charge in [0.25, 0.3) is 0 Å². The molecular weight excluding hydrogens is 356 g/mol. The summed E-state index contributed by atoms with van der Waals surface area (Å²) in [4.78, 5) is 14.9. The maximum atomic E-state index is 13.1. The first-order valence-electron chi connectivity index (χ1n) is 7.90. The Hall–Kier alpha value is -0.800. The van der Waals surface area contributed by atoms with E-state index < -0.39 is 12.5 Å². The van der Waals surface area contributed by atoms with Gasteiger partial charge < -0.3 is 4.74 Å². The van der Waals surface area contributed by atoms with Gasteiger partial charge in [0, 0.05) is 29.7 Å². The van der Waals surface area contributed by atoms with Crippen molar-refractivity contribution < 1.29 is 18.3 Å². The lowest BCUT2D eigenvalue weighted by molar-refractivity contribution is -0.148. The van der Waals surface area contributed by atoms with Crippen LogP contribution in [0.4, 0.5) is 8.78 Å². The van der Waals surface area contributed by atoms with Crippen LogP contribution < -0.4 is 0 Å². The Morgan fingerprint density at radius 2 is 2.17 bits per heavy atom. The van der Waals surface area contributed by atoms with Crippen molar-refractivity contribution in [3.8, 4) is 0 Å². The highest BCUT2D eigenvalue weighted by Gasteiger charge is 2.59. The molecule has 24 heavy (non-hydrogen) atoms. The number of hydrogen-bond acceptors (Lipinski definition) is 6. The third-order valence-corrected chi connectivity index (χ3v) is 8.29. The summed E-state index contributed by atoms with van der Waals surface area (Å²) in [5.74, 6) is 0.994. The number of nitrogens with zero attached hydrogens (tertiary/aromatic N) is 3. The standard InChI is InChI=1S/C15H21F2N3O2S2/c1-4-22-13(21)12-10(8-19(3)15(12)23-5-6-24-15)11-7-9(2)20(18-11)14(16)17/h7,10,12,14H,4-6,8H2,1-3H3/t10-,12+/m1/s1. The molecule has 0 unspecified atom stereocenters. The molecular formula is C15H21F2N3O2S2. The molecule has 5 nitrogen and oxygen atoms in total. The molecule has 1 aromatic heterocycles. The van der Waals surface area contributed by atoms with Crippen molar-refractivity contribution in [3.63, 3.8) is 0 Å². The molecule has 2 saturated heterocycles. The Bertz CT molecular complexity index is 620. The Balaban J connectivity index is 1.99. The monoisotopic (exact) mass is 377 g/mol. The molecule has 0 bridgehead atoms. The number of aryl methyl sites for hydroxylation is 1. The normalized spacial score (nSPS) is 26.6. The quantitative estimate of drug-likeness (QED) is 0.752. The summed E-state index contributed by atoms with van der Waals surface area (Å²) in [5.41, 5.74) is 0.945. The van der Waals surface area contributed by atoms with E-state index in [-0.39, 0.29) is 16.1 Å². The topological polar surface area (TPSA) is 47.4 Å². The fraction of sp³-hybridized carbons (Fsp3) is 0.733. The Morgan fingerprint density at radius 3 is 2.71 bits per heavy atom. The van der Waals surface area contributed by atoms with Crippen LogP contribution in [0.1, 0.15) is 30.8 Å². The van der Waals surface area contributed by atoms with E-state index in [1.807, 2.05) is 7.05 Å². The van der Waals surface area contributed by atoms with Crippen LogP contribution in [0.15, 0.2) is 6.07 Å². The largest absolute Gasteiger partial charge is 0.466 e. The maximum Gasteiger partial charge on any atom is 0.333 e. The highest BCUT2D eigenvalue weighted by atomic mass is 32.2. The molecule has 0 aliphatic carbocycles. The van der Waals surface area contributed by atoms with Gasteiger partial charge >= 0.3 is 12.5 Å². The third kappa shape index (κ3) is 2.84. The van der Waals surface area contributed by atoms with E-state index in [4.69, 9.17) is 4.74 Å². The molecule has 2 aliphatic rings. The van der Waals surface area contributed by atoms with Gasteiger partial charge in [0.15, 0.2) is 0 Å². The first-order valence-corrected chi connectivity index (χ1v) is 9.87. The molecule has 2 atom stereocenters. The van der Waals surface area contributed by atoms with E-state index in [1.165, 1.54) is 0 Å². The summed E-state index contributed by atoms with van der Waals surface area (Å²) in [5, 5.41) is 4.09. The Kier molecular flexibility index (Phi) is 5.13. The van der Waals surface area contributed by atoms with Crippen LogP contribution in [0, 0.1) is 12.8 Å². The summed E-state index contributed by atoms with van der Waals surface area (Å²) < 4.78 is 31.8. The molecule has 0 radical (unpaired) electrons. The van der Waals surface area contributed by atoms with Gasteiger partial charge in [-0.1, -0.05) is 0 Å². The number of halogens is 2. The lowest BCUT2D eigenvalue weighted by Gasteiger charge is -2.34. The fourth-order valence-corrected chi connectivity index (χ4v) is 7.09. The van der Waals surface area contributed by atoms with Crippen molar-refractivity contribution in [2.24, 2.45) is 5.92 Å². The predicted molar refractivity (Wildman–Crippen MR) is 91.4 cm³/mol. The van der Waals surface area contributed by atoms with Crippen molar-refractivity contribution in [2.45, 2.75) is 30.5 Å². The van der Waals surface area contributed by atoms with Crippen LogP contribution in [0.25, 0.3) is 0 Å². The lowest BCUT2D eigenvalue weighted by atomic mass is 9.92. The minimum Gasteiger partial charge on any atom is -0.466 e. The van der Waals surface area contributed by atoms with Gasteiger partial charge in [-0.3, -0.25) is 9.69 Å². The minimum absolute atomic E-state index is 0.245. The molecule has 9 heteroatoms. The van der Waals surface area contributed by atoms with Gasteiger partial charge in [-0.25, -0.2) is 4.68 Å². The van der Waals surface area contributed by atoms with Gasteiger partial charge in [-0.2, -0.15) is 13.9 Å². The van der Waals surface area contributed by atoms with Crippen molar-refractivity contribution >= 4 is 29.5 Å². The third-order valence-electron chi connectivity index (χ3n) is 4.55. The van der Waals surface area contributed by atoms with Crippen LogP contribution >= 0.6 is 23.5 Å². The molecule has 1 spiro atoms. The summed E-state index contributed by atoms with van der Waals surface area (Å²) in [6.07, 6.45) is 0. The number of thioether (sulfide) groups is 2. The Morgan fingerprint density at radius 1 is 1.50 bits per heavy atom. The van der Waals surface area contributed by atoms with Crippen LogP contribution in [-0.2, 0) is 9.53 Å². The molecule has 1 aromatic rings. The zero-order valence-electron chi connectivity index (χ0n) is 13.9. The number of carbonyl (C=O) groups is 1. The summed E-state index contributed by atoms with van der Waals surface area (Å²) in [7, 11) is 1.98. The molecule has 3 rings (SSSR count). The summed E-state index contributed by atoms with van der Waals surface area (Å²) in [6, 6.07) is 1.67. The number of ether oxygens (including phenoxy) is 1. The van der Waals surface area contributed by atoms with Crippen LogP contribution in [0.5, 0.6) is 0 Å². The molecule has 3 heterocycles. The molecule has 0 aromatic carbocycles. The second kappa shape index (κ2) is 6.84. The molecule has 0 saturated carbocycles. The number of likely N-dealkylation sites (tertiary alicyclic amines) is 1. The number of aromatic nitrogens is 2. The zero-order valence-corrected chi connectivity index (χ0v) is 15.5. The lowest BCUT2D eigenvalue weighted by Crippen LogP contribution is -2.42. The van der Waals surface area contributed by atoms with Crippen molar-refractivity contribution in [2.75, 3.05) is 31.7 Å². The average Bonchev–Trinajstić information content (AvgIpc) is 3.20. The van der Waals surface area contributed by atoms with Gasteiger partial charge in [0.2, 0.25) is 0 Å². The average molecular weight is 377 g/mol. The minimum atomic E-state index is -2.68. The van der Waals surface area contributed by atoms with Crippen molar-refractivity contribution in [1.82, 2.24) is 14.7 Å². The summed E-state index contributed by atoms with van der Waals surface area (Å²) >= 11 is 3.49. The second-order valence-corrected chi connectivity index (χ2v) is 8.87. The van der Waals surface area contributed by atoms with Crippen molar-refractivity contribution in [3.05, 3.63) is 17.5 Å². The highest BCUT2D eigenvalue weighted by Crippen LogP contribution is 2.59. The number of rotatable bonds is 4. The van der Waals surface area contributed by atoms with E-state index in [9.17, 15) is 13.6 Å². The van der Waals surface area contributed by atoms with Crippen LogP contribution in [-0.4, -0.2) is 56.6 Å². The molecule has 0 amide bonds. The second-order valence-electron chi connectivity index (χ2n) is 5.98. The van der Waals surface area contributed by atoms with Crippen LogP contribution in [0.2, 0.25) is 0 Å². The van der Waals surface area contributed by atoms with E-state index in [0.717, 1.165) is 16.2 Å². The predicted octanol–water partition coefficient (Wildman–Crippen LogP) is 2.93. The molecule has 134 valence electrons. The molecule has 2 aliphatic heterocycles. The van der Waals surface area contributed by atoms with Gasteiger partial charge in [-0.05, 0) is 27.0 Å². The SMILES string of the molecule is CCOC(=O)[C@@H]1[C@@H](c2cc(C)n(C(F)F)n2)CN(C)C12SCCS2. The number of alkyl halides is 2. The fourth-order valence-electron chi connectivity index (χ4n) is 3.54. The zero-order chi connectivity index (χ0) is 17.5. The molecule has 0 N–H and O–H groups in total. The summed E-state index contributed by atoms with van der Waals surface area (Å²) in [6.45, 7) is 1.62. The highest BCUT2D eigenvalue weighted by molar-refractivity contribution is 8.21. The van der Waals surface area contributed by atoms with E-state index in [1.54, 1.807) is 43.4 Å². The molecule has 2 fully saturated rings. The number of likely N-dealkylation sites (N-methyl/N-ethyl adjacent to an activating group) is 1. The maximum absolute atomic E-state index is 13.1. The number of esters is 1. The van der Waals surface area contributed by atoms with Gasteiger partial charge in [0.05, 0.1) is 12.3 Å². The number of carbonyl (C=O) groups excluding carboxylic acids is 1. The van der Waals surface area contributed by atoms with Gasteiger partial charge in [-0.15, -0.1) is 23.5 Å². The Labute approximate surface area is 148 Å². The van der Waals surface area contributed by atoms with E-state index in [0.29, 0.717) is 24.5 Å². The number of hydrogen-bond donors (Lipinski definition) is 0. The smallest absolute Gasteiger partial charge is 0.333 e. The van der Waals surface area contributed by atoms with E-state index >= 15 is 0 Å². The first kappa shape index (κ1) is 18.0. The van der Waals surface area contributed by atoms with E-state index in [2.05, 4.69) is 10.00 Å². The first-order chi connectivity index (χ1) is 11.4. The van der Waals surface area contributed by atoms with Gasteiger partial charge in [0.1, 0.15) is 10.1 Å². The van der Waals surface area contributed by atoms with Crippen molar-refractivity contribution in [1.29, 1.82) is 0 Å².